The average molecular weight is 579 g/mol. The van der Waals surface area contributed by atoms with Crippen LogP contribution in [0.15, 0.2) is 78.2 Å². The highest BCUT2D eigenvalue weighted by Gasteiger charge is 2.22. The van der Waals surface area contributed by atoms with E-state index < -0.39 is 0 Å². The van der Waals surface area contributed by atoms with Crippen molar-refractivity contribution in [1.82, 2.24) is 0 Å². The molecule has 0 saturated carbocycles. The number of hydrogen-bond donors (Lipinski definition) is 0. The molecule has 0 unspecified atom stereocenters. The summed E-state index contributed by atoms with van der Waals surface area (Å²) in [7, 11) is 0. The highest BCUT2D eigenvalue weighted by molar-refractivity contribution is 7.30. The van der Waals surface area contributed by atoms with Crippen LogP contribution in [0.5, 0.6) is 0 Å². The lowest BCUT2D eigenvalue weighted by Gasteiger charge is -2.22. The van der Waals surface area contributed by atoms with Gasteiger partial charge in [0.05, 0.1) is 0 Å². The second-order valence-corrected chi connectivity index (χ2v) is 15.8. The van der Waals surface area contributed by atoms with Gasteiger partial charge in [0.15, 0.2) is 0 Å². The van der Waals surface area contributed by atoms with Crippen molar-refractivity contribution in [3.8, 4) is 48.8 Å². The fraction of sp³-hybridized carbons (Fsp3) is 0.200. The maximum atomic E-state index is 2.37. The van der Waals surface area contributed by atoms with Crippen LogP contribution < -0.4 is 0 Å². The molecule has 0 aromatic carbocycles. The Hall–Kier alpha value is -1.80. The summed E-state index contributed by atoms with van der Waals surface area (Å²) in [6.07, 6.45) is 2.45. The van der Waals surface area contributed by atoms with Gasteiger partial charge in [-0.1, -0.05) is 33.3 Å². The molecule has 0 radical (unpaired) electrons. The molecule has 6 heterocycles. The van der Waals surface area contributed by atoms with Gasteiger partial charge in [-0.15, -0.1) is 68.0 Å². The van der Waals surface area contributed by atoms with Crippen molar-refractivity contribution in [3.63, 3.8) is 0 Å². The first-order valence-electron chi connectivity index (χ1n) is 12.1. The molecule has 0 bridgehead atoms. The molecular formula is C30H26S6. The second kappa shape index (κ2) is 10.2. The molecule has 0 aliphatic carbocycles. The Kier molecular flexibility index (Phi) is 6.93. The Balaban J connectivity index is 1.20. The maximum Gasteiger partial charge on any atom is 0.0449 e. The highest BCUT2D eigenvalue weighted by Crippen LogP contribution is 2.46. The van der Waals surface area contributed by atoms with Gasteiger partial charge < -0.3 is 0 Å². The summed E-state index contributed by atoms with van der Waals surface area (Å²) in [6, 6.07) is 27.2. The van der Waals surface area contributed by atoms with E-state index in [2.05, 4.69) is 98.9 Å². The van der Waals surface area contributed by atoms with Crippen LogP contribution in [-0.4, -0.2) is 0 Å². The first kappa shape index (κ1) is 24.5. The molecule has 0 saturated heterocycles. The van der Waals surface area contributed by atoms with Gasteiger partial charge in [0.1, 0.15) is 0 Å². The quantitative estimate of drug-likeness (QED) is 0.168. The third-order valence-electron chi connectivity index (χ3n) is 6.31. The van der Waals surface area contributed by atoms with E-state index >= 15 is 0 Å². The summed E-state index contributed by atoms with van der Waals surface area (Å²) in [4.78, 5) is 15.1. The van der Waals surface area contributed by atoms with Crippen molar-refractivity contribution in [2.45, 2.75) is 39.0 Å². The number of thiophene rings is 6. The zero-order valence-corrected chi connectivity index (χ0v) is 25.3. The molecule has 0 spiro atoms. The second-order valence-electron chi connectivity index (χ2n) is 9.43. The van der Waals surface area contributed by atoms with Crippen LogP contribution in [0.25, 0.3) is 48.8 Å². The zero-order chi connectivity index (χ0) is 24.7. The van der Waals surface area contributed by atoms with Gasteiger partial charge in [-0.25, -0.2) is 0 Å². The predicted molar refractivity (Wildman–Crippen MR) is 169 cm³/mol. The molecule has 182 valence electrons. The summed E-state index contributed by atoms with van der Waals surface area (Å²) < 4.78 is 0. The lowest BCUT2D eigenvalue weighted by Crippen LogP contribution is -2.14. The molecule has 6 aromatic heterocycles. The zero-order valence-electron chi connectivity index (χ0n) is 20.4. The van der Waals surface area contributed by atoms with Crippen molar-refractivity contribution < 1.29 is 0 Å². The van der Waals surface area contributed by atoms with E-state index in [-0.39, 0.29) is 5.41 Å². The molecule has 0 aliphatic rings. The van der Waals surface area contributed by atoms with E-state index in [1.165, 1.54) is 66.5 Å². The minimum absolute atomic E-state index is 0.259. The van der Waals surface area contributed by atoms with E-state index in [9.17, 15) is 0 Å². The molecular weight excluding hydrogens is 553 g/mol. The van der Waals surface area contributed by atoms with Gasteiger partial charge in [0, 0.05) is 53.6 Å². The van der Waals surface area contributed by atoms with Crippen molar-refractivity contribution >= 4 is 68.0 Å². The fourth-order valence-electron chi connectivity index (χ4n) is 4.41. The van der Waals surface area contributed by atoms with Crippen LogP contribution in [0.4, 0.5) is 0 Å². The molecule has 0 N–H and O–H groups in total. The van der Waals surface area contributed by atoms with E-state index in [1.807, 2.05) is 68.0 Å². The average Bonchev–Trinajstić information content (AvgIpc) is 3.71. The summed E-state index contributed by atoms with van der Waals surface area (Å²) in [5, 5.41) is 2.15. The highest BCUT2D eigenvalue weighted by atomic mass is 32.1. The summed E-state index contributed by atoms with van der Waals surface area (Å²) >= 11 is 11.4. The lowest BCUT2D eigenvalue weighted by atomic mass is 9.86. The lowest BCUT2D eigenvalue weighted by molar-refractivity contribution is 0.482. The van der Waals surface area contributed by atoms with Gasteiger partial charge in [-0.05, 0) is 83.9 Å². The molecule has 0 fully saturated rings. The molecule has 36 heavy (non-hydrogen) atoms. The van der Waals surface area contributed by atoms with Crippen molar-refractivity contribution in [2.24, 2.45) is 0 Å². The fourth-order valence-corrected chi connectivity index (χ4v) is 10.8. The molecule has 6 rings (SSSR count). The molecule has 0 aliphatic heterocycles. The van der Waals surface area contributed by atoms with Crippen molar-refractivity contribution in [3.05, 3.63) is 83.1 Å². The largest absolute Gasteiger partial charge is 0.143 e. The molecule has 0 nitrogen and oxygen atoms in total. The first-order valence-corrected chi connectivity index (χ1v) is 17.0. The summed E-state index contributed by atoms with van der Waals surface area (Å²) in [6.45, 7) is 7.02. The van der Waals surface area contributed by atoms with Crippen LogP contribution in [0, 0.1) is 0 Å². The standard InChI is InChI=1S/C30H26S6/c1-4-17-30(2,3)29-16-15-28(36-29)27-14-13-26(35-27)25-12-11-24(34-25)23-10-9-22(33-23)21-8-7-20(32-21)19-6-5-18-31-19/h5-16,18H,4,17H2,1-3H3. The van der Waals surface area contributed by atoms with E-state index in [1.54, 1.807) is 0 Å². The van der Waals surface area contributed by atoms with Gasteiger partial charge in [0.2, 0.25) is 0 Å². The number of hydrogen-bond acceptors (Lipinski definition) is 6. The normalized spacial score (nSPS) is 12.0. The van der Waals surface area contributed by atoms with Crippen LogP contribution in [0.1, 0.15) is 38.5 Å². The third-order valence-corrected chi connectivity index (χ3v) is 13.9. The van der Waals surface area contributed by atoms with E-state index in [0.29, 0.717) is 0 Å². The first-order chi connectivity index (χ1) is 17.5. The Morgan fingerprint density at radius 3 is 1.28 bits per heavy atom. The van der Waals surface area contributed by atoms with E-state index in [0.717, 1.165) is 0 Å². The van der Waals surface area contributed by atoms with Gasteiger partial charge in [-0.3, -0.25) is 0 Å². The Morgan fingerprint density at radius 1 is 0.500 bits per heavy atom. The van der Waals surface area contributed by atoms with Crippen molar-refractivity contribution in [2.75, 3.05) is 0 Å². The van der Waals surface area contributed by atoms with Crippen LogP contribution in [-0.2, 0) is 5.41 Å². The smallest absolute Gasteiger partial charge is 0.0449 e. The Morgan fingerprint density at radius 2 is 0.889 bits per heavy atom. The number of rotatable bonds is 8. The molecule has 6 heteroatoms. The molecule has 6 aromatic rings. The topological polar surface area (TPSA) is 0 Å². The minimum atomic E-state index is 0.259. The van der Waals surface area contributed by atoms with Crippen LogP contribution >= 0.6 is 68.0 Å². The maximum absolute atomic E-state index is 2.37. The molecule has 0 atom stereocenters. The van der Waals surface area contributed by atoms with E-state index in [4.69, 9.17) is 0 Å². The van der Waals surface area contributed by atoms with Crippen molar-refractivity contribution in [1.29, 1.82) is 0 Å². The molecule has 0 amide bonds. The minimum Gasteiger partial charge on any atom is -0.143 e. The van der Waals surface area contributed by atoms with Gasteiger partial charge in [0.25, 0.3) is 0 Å². The Labute approximate surface area is 237 Å². The van der Waals surface area contributed by atoms with Gasteiger partial charge >= 0.3 is 0 Å². The van der Waals surface area contributed by atoms with Gasteiger partial charge in [-0.2, -0.15) is 0 Å². The summed E-state index contributed by atoms with van der Waals surface area (Å²) in [5.74, 6) is 0. The van der Waals surface area contributed by atoms with Crippen LogP contribution in [0.3, 0.4) is 0 Å². The monoisotopic (exact) mass is 578 g/mol. The third kappa shape index (κ3) is 4.87. The SMILES string of the molecule is CCCC(C)(C)c1ccc(-c2ccc(-c3ccc(-c4ccc(-c5ccc(-c6cccs6)s5)s4)s3)s2)s1. The summed E-state index contributed by atoms with van der Waals surface area (Å²) in [5.41, 5.74) is 0.259. The predicted octanol–water partition coefficient (Wildman–Crippen LogP) is 12.5. The Bertz CT molecular complexity index is 1580. The van der Waals surface area contributed by atoms with Crippen LogP contribution in [0.2, 0.25) is 0 Å².